The van der Waals surface area contributed by atoms with E-state index in [0.717, 1.165) is 25.4 Å². The van der Waals surface area contributed by atoms with E-state index in [1.807, 2.05) is 6.07 Å². The fourth-order valence-electron chi connectivity index (χ4n) is 4.24. The molecular weight excluding hydrogens is 332 g/mol. The van der Waals surface area contributed by atoms with Gasteiger partial charge in [0.1, 0.15) is 12.4 Å². The van der Waals surface area contributed by atoms with Gasteiger partial charge in [-0.15, -0.1) is 0 Å². The first-order valence-corrected chi connectivity index (χ1v) is 9.25. The number of carboxylic acid groups (broad SMARTS) is 1. The molecule has 2 fully saturated rings. The number of benzene rings is 1. The van der Waals surface area contributed by atoms with E-state index in [4.69, 9.17) is 4.74 Å². The van der Waals surface area contributed by atoms with Gasteiger partial charge in [-0.1, -0.05) is 6.07 Å². The van der Waals surface area contributed by atoms with Crippen molar-refractivity contribution in [3.63, 3.8) is 0 Å². The Morgan fingerprint density at radius 1 is 1.27 bits per heavy atom. The Bertz CT molecular complexity index is 695. The van der Waals surface area contributed by atoms with Gasteiger partial charge in [-0.25, -0.2) is 0 Å². The summed E-state index contributed by atoms with van der Waals surface area (Å²) in [5, 5.41) is 9.53. The quantitative estimate of drug-likeness (QED) is 0.871. The fraction of sp³-hybridized carbons (Fsp3) is 0.600. The molecule has 6 nitrogen and oxygen atoms in total. The highest BCUT2D eigenvalue weighted by Crippen LogP contribution is 2.42. The normalized spacial score (nSPS) is 22.8. The van der Waals surface area contributed by atoms with Gasteiger partial charge < -0.3 is 14.7 Å². The van der Waals surface area contributed by atoms with Crippen molar-refractivity contribution < 1.29 is 19.4 Å². The van der Waals surface area contributed by atoms with Gasteiger partial charge in [0.2, 0.25) is 5.91 Å². The van der Waals surface area contributed by atoms with Crippen LogP contribution in [0.25, 0.3) is 0 Å². The Morgan fingerprint density at radius 3 is 2.58 bits per heavy atom. The molecule has 0 saturated carbocycles. The van der Waals surface area contributed by atoms with E-state index in [1.165, 1.54) is 11.1 Å². The lowest BCUT2D eigenvalue weighted by molar-refractivity contribution is -0.146. The zero-order chi connectivity index (χ0) is 18.9. The summed E-state index contributed by atoms with van der Waals surface area (Å²) < 4.78 is 5.86. The zero-order valence-electron chi connectivity index (χ0n) is 15.8. The Kier molecular flexibility index (Phi) is 5.23. The van der Waals surface area contributed by atoms with E-state index >= 15 is 0 Å². The molecule has 2 aliphatic rings. The van der Waals surface area contributed by atoms with Crippen molar-refractivity contribution in [3.05, 3.63) is 29.3 Å². The van der Waals surface area contributed by atoms with Crippen LogP contribution >= 0.6 is 0 Å². The Hall–Kier alpha value is -2.08. The lowest BCUT2D eigenvalue weighted by Crippen LogP contribution is -2.56. The molecule has 0 bridgehead atoms. The summed E-state index contributed by atoms with van der Waals surface area (Å²) in [5.41, 5.74) is 1.95. The monoisotopic (exact) mass is 360 g/mol. The number of carbonyl (C=O) groups is 2. The molecular formula is C20H28N2O4. The van der Waals surface area contributed by atoms with E-state index < -0.39 is 17.4 Å². The Balaban J connectivity index is 1.52. The van der Waals surface area contributed by atoms with E-state index in [-0.39, 0.29) is 12.3 Å². The minimum Gasteiger partial charge on any atom is -0.492 e. The lowest BCUT2D eigenvalue weighted by atomic mass is 9.77. The van der Waals surface area contributed by atoms with E-state index in [9.17, 15) is 14.7 Å². The van der Waals surface area contributed by atoms with Crippen LogP contribution in [0, 0.1) is 19.8 Å². The molecule has 1 spiro atoms. The van der Waals surface area contributed by atoms with Crippen molar-refractivity contribution in [3.8, 4) is 5.75 Å². The summed E-state index contributed by atoms with van der Waals surface area (Å²) in [6.07, 6.45) is 1.54. The second-order valence-corrected chi connectivity index (χ2v) is 7.59. The second-order valence-electron chi connectivity index (χ2n) is 7.59. The van der Waals surface area contributed by atoms with Crippen molar-refractivity contribution in [2.24, 2.45) is 5.92 Å². The average molecular weight is 360 g/mol. The zero-order valence-corrected chi connectivity index (χ0v) is 15.8. The number of amides is 1. The van der Waals surface area contributed by atoms with E-state index in [1.54, 1.807) is 11.9 Å². The first kappa shape index (κ1) is 18.7. The van der Waals surface area contributed by atoms with Gasteiger partial charge in [0.15, 0.2) is 0 Å². The summed E-state index contributed by atoms with van der Waals surface area (Å²) >= 11 is 0. The van der Waals surface area contributed by atoms with Crippen LogP contribution < -0.4 is 4.74 Å². The van der Waals surface area contributed by atoms with E-state index in [0.29, 0.717) is 19.4 Å². The van der Waals surface area contributed by atoms with E-state index in [2.05, 4.69) is 30.9 Å². The van der Waals surface area contributed by atoms with Crippen LogP contribution in [-0.2, 0) is 9.59 Å². The lowest BCUT2D eigenvalue weighted by Gasteiger charge is -2.45. The Morgan fingerprint density at radius 2 is 1.96 bits per heavy atom. The molecule has 2 heterocycles. The third kappa shape index (κ3) is 3.43. The molecule has 1 N–H and O–H groups in total. The molecule has 6 heteroatoms. The number of piperidine rings is 1. The molecule has 142 valence electrons. The number of rotatable bonds is 5. The van der Waals surface area contributed by atoms with Gasteiger partial charge in [0.25, 0.3) is 0 Å². The van der Waals surface area contributed by atoms with Crippen LogP contribution in [0.2, 0.25) is 0 Å². The average Bonchev–Trinajstić information content (AvgIpc) is 2.85. The van der Waals surface area contributed by atoms with Gasteiger partial charge in [-0.2, -0.15) is 0 Å². The largest absolute Gasteiger partial charge is 0.492 e. The van der Waals surface area contributed by atoms with Crippen molar-refractivity contribution in [1.82, 2.24) is 9.80 Å². The molecule has 0 radical (unpaired) electrons. The molecule has 2 saturated heterocycles. The first-order chi connectivity index (χ1) is 12.3. The maximum absolute atomic E-state index is 12.1. The number of aliphatic carboxylic acids is 1. The minimum absolute atomic E-state index is 0.0519. The van der Waals surface area contributed by atoms with Crippen LogP contribution in [0.4, 0.5) is 0 Å². The SMILES string of the molecule is Cc1ccc(OCCN2CCC3(CC2)[C@H](C(=O)O)CC(=O)N3C)cc1C. The summed E-state index contributed by atoms with van der Waals surface area (Å²) in [6, 6.07) is 6.11. The summed E-state index contributed by atoms with van der Waals surface area (Å²) in [4.78, 5) is 27.7. The molecule has 26 heavy (non-hydrogen) atoms. The predicted molar refractivity (Wildman–Crippen MR) is 98.3 cm³/mol. The third-order valence-electron chi connectivity index (χ3n) is 6.24. The molecule has 0 aliphatic carbocycles. The Labute approximate surface area is 154 Å². The molecule has 2 aliphatic heterocycles. The number of carboxylic acids is 1. The third-order valence-corrected chi connectivity index (χ3v) is 6.24. The van der Waals surface area contributed by atoms with Gasteiger partial charge in [0, 0.05) is 33.1 Å². The van der Waals surface area contributed by atoms with Crippen LogP contribution in [-0.4, -0.2) is 65.6 Å². The number of carbonyl (C=O) groups excluding carboxylic acids is 1. The predicted octanol–water partition coefficient (Wildman–Crippen LogP) is 2.08. The van der Waals surface area contributed by atoms with Crippen LogP contribution in [0.3, 0.4) is 0 Å². The van der Waals surface area contributed by atoms with Crippen molar-refractivity contribution in [1.29, 1.82) is 0 Å². The standard InChI is InChI=1S/C20H28N2O4/c1-14-4-5-16(12-15(14)2)26-11-10-22-8-6-20(7-9-22)17(19(24)25)13-18(23)21(20)3/h4-5,12,17H,6-11,13H2,1-3H3,(H,24,25)/t17-/m0/s1. The summed E-state index contributed by atoms with van der Waals surface area (Å²) in [7, 11) is 1.75. The topological polar surface area (TPSA) is 70.1 Å². The smallest absolute Gasteiger partial charge is 0.309 e. The molecule has 0 unspecified atom stereocenters. The maximum atomic E-state index is 12.1. The van der Waals surface area contributed by atoms with Crippen molar-refractivity contribution in [2.45, 2.75) is 38.6 Å². The molecule has 1 aromatic rings. The molecule has 3 rings (SSSR count). The van der Waals surface area contributed by atoms with Crippen LogP contribution in [0.1, 0.15) is 30.4 Å². The van der Waals surface area contributed by atoms with Crippen molar-refractivity contribution in [2.75, 3.05) is 33.3 Å². The number of hydrogen-bond donors (Lipinski definition) is 1. The second kappa shape index (κ2) is 7.27. The highest BCUT2D eigenvalue weighted by atomic mass is 16.5. The molecule has 1 amide bonds. The summed E-state index contributed by atoms with van der Waals surface area (Å²) in [6.45, 7) is 7.14. The molecule has 1 atom stereocenters. The highest BCUT2D eigenvalue weighted by molar-refractivity contribution is 5.88. The van der Waals surface area contributed by atoms with Crippen LogP contribution in [0.5, 0.6) is 5.75 Å². The number of aryl methyl sites for hydroxylation is 2. The first-order valence-electron chi connectivity index (χ1n) is 9.25. The highest BCUT2D eigenvalue weighted by Gasteiger charge is 2.55. The van der Waals surface area contributed by atoms with Crippen LogP contribution in [0.15, 0.2) is 18.2 Å². The van der Waals surface area contributed by atoms with Gasteiger partial charge in [0.05, 0.1) is 11.5 Å². The fourth-order valence-corrected chi connectivity index (χ4v) is 4.24. The summed E-state index contributed by atoms with van der Waals surface area (Å²) in [5.74, 6) is -0.610. The minimum atomic E-state index is -0.853. The molecule has 1 aromatic carbocycles. The number of nitrogens with zero attached hydrogens (tertiary/aromatic N) is 2. The van der Waals surface area contributed by atoms with Gasteiger partial charge in [-0.05, 0) is 49.9 Å². The van der Waals surface area contributed by atoms with Gasteiger partial charge >= 0.3 is 5.97 Å². The number of ether oxygens (including phenoxy) is 1. The number of likely N-dealkylation sites (tertiary alicyclic amines) is 2. The van der Waals surface area contributed by atoms with Crippen molar-refractivity contribution >= 4 is 11.9 Å². The maximum Gasteiger partial charge on any atom is 0.309 e. The van der Waals surface area contributed by atoms with Gasteiger partial charge in [-0.3, -0.25) is 14.5 Å². The number of hydrogen-bond acceptors (Lipinski definition) is 4. The molecule has 0 aromatic heterocycles.